The topological polar surface area (TPSA) is 73.7 Å². The first-order chi connectivity index (χ1) is 15.5. The molecule has 1 aliphatic rings. The van der Waals surface area contributed by atoms with Gasteiger partial charge in [-0.2, -0.15) is 0 Å². The van der Waals surface area contributed by atoms with Crippen LogP contribution in [0.3, 0.4) is 0 Å². The molecule has 0 spiro atoms. The Morgan fingerprint density at radius 1 is 1.06 bits per heavy atom. The van der Waals surface area contributed by atoms with Crippen LogP contribution in [-0.4, -0.2) is 46.6 Å². The summed E-state index contributed by atoms with van der Waals surface area (Å²) in [6.07, 6.45) is 2.26. The van der Waals surface area contributed by atoms with Crippen molar-refractivity contribution in [1.29, 1.82) is 0 Å². The number of imidazole rings is 1. The minimum absolute atomic E-state index is 0.143. The highest BCUT2D eigenvalue weighted by Crippen LogP contribution is 2.25. The minimum atomic E-state index is -0.697. The Morgan fingerprint density at radius 2 is 1.75 bits per heavy atom. The normalized spacial score (nSPS) is 15.2. The molecule has 4 rings (SSSR count). The van der Waals surface area contributed by atoms with Gasteiger partial charge in [0.15, 0.2) is 0 Å². The van der Waals surface area contributed by atoms with E-state index in [2.05, 4.69) is 4.98 Å². The molecule has 1 unspecified atom stereocenters. The molecule has 0 bridgehead atoms. The zero-order chi connectivity index (χ0) is 22.7. The lowest BCUT2D eigenvalue weighted by molar-refractivity contribution is -0.153. The fraction of sp³-hybridized carbons (Fsp3) is 0.292. The number of hydrogen-bond donors (Lipinski definition) is 0. The number of nitrogens with zero attached hydrogens (tertiary/aromatic N) is 3. The zero-order valence-electron chi connectivity index (χ0n) is 18.0. The Hall–Kier alpha value is -3.32. The molecule has 0 radical (unpaired) electrons. The lowest BCUT2D eigenvalue weighted by Gasteiger charge is -2.34. The van der Waals surface area contributed by atoms with E-state index in [0.29, 0.717) is 18.0 Å². The van der Waals surface area contributed by atoms with E-state index in [-0.39, 0.29) is 18.9 Å². The monoisotopic (exact) mass is 453 g/mol. The summed E-state index contributed by atoms with van der Waals surface area (Å²) in [5.74, 6) is 0.142. The number of benzene rings is 2. The predicted molar refractivity (Wildman–Crippen MR) is 120 cm³/mol. The second kappa shape index (κ2) is 9.44. The smallest absolute Gasteiger partial charge is 0.329 e. The number of methoxy groups -OCH3 is 2. The van der Waals surface area contributed by atoms with Crippen molar-refractivity contribution >= 4 is 23.5 Å². The summed E-state index contributed by atoms with van der Waals surface area (Å²) in [5, 5.41) is 0.678. The Morgan fingerprint density at radius 3 is 2.41 bits per heavy atom. The molecule has 0 saturated carbocycles. The average Bonchev–Trinajstić information content (AvgIpc) is 3.21. The van der Waals surface area contributed by atoms with Crippen LogP contribution in [0, 0.1) is 0 Å². The summed E-state index contributed by atoms with van der Waals surface area (Å²) >= 11 is 5.99. The van der Waals surface area contributed by atoms with Crippen molar-refractivity contribution in [2.24, 2.45) is 0 Å². The first-order valence-electron chi connectivity index (χ1n) is 10.3. The molecule has 0 fully saturated rings. The molecule has 0 saturated heterocycles. The third-order valence-electron chi connectivity index (χ3n) is 5.69. The standard InChI is InChI=1S/C24H24ClN3O4/c1-31-19-9-5-16(6-10-19)11-23(29)28-14-22-20(12-21(28)24(30)32-2)26-15-27(22)13-17-3-7-18(25)8-4-17/h3-10,15,21H,11-14H2,1-2H3. The first kappa shape index (κ1) is 21.9. The number of esters is 1. The molecule has 1 aliphatic heterocycles. The third-order valence-corrected chi connectivity index (χ3v) is 5.94. The molecular formula is C24H24ClN3O4. The van der Waals surface area contributed by atoms with Crippen LogP contribution >= 0.6 is 11.6 Å². The first-order valence-corrected chi connectivity index (χ1v) is 10.6. The molecule has 166 valence electrons. The van der Waals surface area contributed by atoms with Crippen molar-refractivity contribution in [3.8, 4) is 5.75 Å². The number of halogens is 1. The molecule has 2 heterocycles. The number of amides is 1. The van der Waals surface area contributed by atoms with Crippen LogP contribution in [0.15, 0.2) is 54.9 Å². The third kappa shape index (κ3) is 4.62. The molecule has 8 heteroatoms. The van der Waals surface area contributed by atoms with E-state index >= 15 is 0 Å². The second-order valence-corrected chi connectivity index (χ2v) is 8.12. The SMILES string of the molecule is COC(=O)C1Cc2ncn(Cc3ccc(Cl)cc3)c2CN1C(=O)Cc1ccc(OC)cc1. The van der Waals surface area contributed by atoms with Crippen molar-refractivity contribution in [2.75, 3.05) is 14.2 Å². The van der Waals surface area contributed by atoms with Crippen LogP contribution in [-0.2, 0) is 40.3 Å². The molecule has 3 aromatic rings. The number of fused-ring (bicyclic) bond motifs is 1. The van der Waals surface area contributed by atoms with Crippen molar-refractivity contribution in [3.05, 3.63) is 82.4 Å². The number of aromatic nitrogens is 2. The van der Waals surface area contributed by atoms with Gasteiger partial charge in [0.25, 0.3) is 0 Å². The Balaban J connectivity index is 1.57. The highest BCUT2D eigenvalue weighted by atomic mass is 35.5. The van der Waals surface area contributed by atoms with E-state index < -0.39 is 12.0 Å². The Kier molecular flexibility index (Phi) is 6.46. The molecule has 1 aromatic heterocycles. The van der Waals surface area contributed by atoms with Gasteiger partial charge in [0.1, 0.15) is 11.8 Å². The molecule has 32 heavy (non-hydrogen) atoms. The van der Waals surface area contributed by atoms with Gasteiger partial charge < -0.3 is 18.9 Å². The van der Waals surface area contributed by atoms with Crippen LogP contribution in [0.1, 0.15) is 22.5 Å². The highest BCUT2D eigenvalue weighted by molar-refractivity contribution is 6.30. The summed E-state index contributed by atoms with van der Waals surface area (Å²) in [6.45, 7) is 0.889. The Labute approximate surface area is 191 Å². The molecule has 2 aromatic carbocycles. The number of hydrogen-bond acceptors (Lipinski definition) is 5. The van der Waals surface area contributed by atoms with Crippen LogP contribution in [0.2, 0.25) is 5.02 Å². The van der Waals surface area contributed by atoms with Gasteiger partial charge in [0.05, 0.1) is 44.9 Å². The van der Waals surface area contributed by atoms with Gasteiger partial charge in [-0.1, -0.05) is 35.9 Å². The van der Waals surface area contributed by atoms with E-state index in [0.717, 1.165) is 28.3 Å². The van der Waals surface area contributed by atoms with Crippen molar-refractivity contribution in [2.45, 2.75) is 32.0 Å². The summed E-state index contributed by atoms with van der Waals surface area (Å²) in [5.41, 5.74) is 3.65. The van der Waals surface area contributed by atoms with Gasteiger partial charge in [0, 0.05) is 18.0 Å². The van der Waals surface area contributed by atoms with Gasteiger partial charge in [-0.05, 0) is 35.4 Å². The molecule has 1 amide bonds. The van der Waals surface area contributed by atoms with Crippen molar-refractivity contribution in [3.63, 3.8) is 0 Å². The fourth-order valence-electron chi connectivity index (χ4n) is 3.92. The summed E-state index contributed by atoms with van der Waals surface area (Å²) in [7, 11) is 2.93. The van der Waals surface area contributed by atoms with Gasteiger partial charge in [-0.15, -0.1) is 0 Å². The van der Waals surface area contributed by atoms with Gasteiger partial charge in [-0.25, -0.2) is 9.78 Å². The zero-order valence-corrected chi connectivity index (χ0v) is 18.7. The molecule has 0 N–H and O–H groups in total. The number of carbonyl (C=O) groups excluding carboxylic acids is 2. The fourth-order valence-corrected chi connectivity index (χ4v) is 4.04. The number of ether oxygens (including phenoxy) is 2. The quantitative estimate of drug-likeness (QED) is 0.535. The second-order valence-electron chi connectivity index (χ2n) is 7.68. The molecule has 1 atom stereocenters. The lowest BCUT2D eigenvalue weighted by atomic mass is 10.0. The van der Waals surface area contributed by atoms with Crippen molar-refractivity contribution < 1.29 is 19.1 Å². The predicted octanol–water partition coefficient (Wildman–Crippen LogP) is 3.26. The van der Waals surface area contributed by atoms with E-state index in [9.17, 15) is 9.59 Å². The van der Waals surface area contributed by atoms with E-state index in [1.165, 1.54) is 7.11 Å². The minimum Gasteiger partial charge on any atom is -0.497 e. The maximum atomic E-state index is 13.2. The lowest BCUT2D eigenvalue weighted by Crippen LogP contribution is -2.50. The van der Waals surface area contributed by atoms with Gasteiger partial charge in [0.2, 0.25) is 5.91 Å². The van der Waals surface area contributed by atoms with E-state index in [4.69, 9.17) is 21.1 Å². The maximum absolute atomic E-state index is 13.2. The maximum Gasteiger partial charge on any atom is 0.329 e. The summed E-state index contributed by atoms with van der Waals surface area (Å²) < 4.78 is 12.2. The summed E-state index contributed by atoms with van der Waals surface area (Å²) in [4.78, 5) is 31.8. The van der Waals surface area contributed by atoms with Crippen LogP contribution < -0.4 is 4.74 Å². The average molecular weight is 454 g/mol. The molecular weight excluding hydrogens is 430 g/mol. The Bertz CT molecular complexity index is 1110. The van der Waals surface area contributed by atoms with Crippen LogP contribution in [0.5, 0.6) is 5.75 Å². The van der Waals surface area contributed by atoms with Gasteiger partial charge >= 0.3 is 5.97 Å². The van der Waals surface area contributed by atoms with E-state index in [1.54, 1.807) is 18.3 Å². The van der Waals surface area contributed by atoms with Crippen LogP contribution in [0.4, 0.5) is 0 Å². The van der Waals surface area contributed by atoms with Crippen LogP contribution in [0.25, 0.3) is 0 Å². The highest BCUT2D eigenvalue weighted by Gasteiger charge is 2.37. The van der Waals surface area contributed by atoms with Gasteiger partial charge in [-0.3, -0.25) is 4.79 Å². The molecule has 0 aliphatic carbocycles. The van der Waals surface area contributed by atoms with Crippen molar-refractivity contribution in [1.82, 2.24) is 14.5 Å². The number of rotatable bonds is 6. The summed E-state index contributed by atoms with van der Waals surface area (Å²) in [6, 6.07) is 14.2. The number of carbonyl (C=O) groups is 2. The largest absolute Gasteiger partial charge is 0.497 e. The molecule has 7 nitrogen and oxygen atoms in total. The van der Waals surface area contributed by atoms with E-state index in [1.807, 2.05) is 53.1 Å².